The van der Waals surface area contributed by atoms with Crippen LogP contribution in [0.3, 0.4) is 0 Å². The SMILES string of the molecule is CCC(CC)C(=O)N1N=C(c2cccc(F)c2)SC1(CCCN)c1ccccc1. The van der Waals surface area contributed by atoms with Gasteiger partial charge in [-0.2, -0.15) is 5.10 Å². The van der Waals surface area contributed by atoms with Crippen LogP contribution in [-0.2, 0) is 9.67 Å². The Balaban J connectivity index is 2.12. The lowest BCUT2D eigenvalue weighted by molar-refractivity contribution is -0.139. The molecule has 0 bridgehead atoms. The highest BCUT2D eigenvalue weighted by Crippen LogP contribution is 2.51. The van der Waals surface area contributed by atoms with Gasteiger partial charge in [0.15, 0.2) is 0 Å². The number of halogens is 1. The number of hydrazone groups is 1. The summed E-state index contributed by atoms with van der Waals surface area (Å²) < 4.78 is 13.9. The van der Waals surface area contributed by atoms with Crippen LogP contribution >= 0.6 is 11.8 Å². The third kappa shape index (κ3) is 4.38. The molecule has 0 saturated carbocycles. The van der Waals surface area contributed by atoms with Crippen molar-refractivity contribution in [3.05, 3.63) is 71.5 Å². The number of thioether (sulfide) groups is 1. The number of amides is 1. The summed E-state index contributed by atoms with van der Waals surface area (Å²) in [6.45, 7) is 4.57. The van der Waals surface area contributed by atoms with E-state index in [9.17, 15) is 9.18 Å². The summed E-state index contributed by atoms with van der Waals surface area (Å²) in [4.78, 5) is 12.8. The molecular formula is C23H28FN3OS. The Morgan fingerprint density at radius 2 is 1.90 bits per heavy atom. The van der Waals surface area contributed by atoms with Crippen LogP contribution in [0.5, 0.6) is 0 Å². The maximum atomic E-state index is 13.9. The molecule has 1 atom stereocenters. The van der Waals surface area contributed by atoms with Crippen LogP contribution in [0, 0.1) is 11.7 Å². The largest absolute Gasteiger partial charge is 0.330 e. The highest BCUT2D eigenvalue weighted by atomic mass is 32.2. The van der Waals surface area contributed by atoms with Crippen LogP contribution in [0.25, 0.3) is 0 Å². The van der Waals surface area contributed by atoms with Gasteiger partial charge in [-0.25, -0.2) is 9.40 Å². The van der Waals surface area contributed by atoms with Crippen molar-refractivity contribution in [2.75, 3.05) is 6.54 Å². The zero-order valence-electron chi connectivity index (χ0n) is 17.0. The molecule has 0 saturated heterocycles. The maximum Gasteiger partial charge on any atom is 0.247 e. The van der Waals surface area contributed by atoms with Gasteiger partial charge < -0.3 is 5.73 Å². The molecule has 0 fully saturated rings. The molecule has 0 aromatic heterocycles. The molecule has 154 valence electrons. The van der Waals surface area contributed by atoms with Gasteiger partial charge >= 0.3 is 0 Å². The van der Waals surface area contributed by atoms with Gasteiger partial charge in [-0.15, -0.1) is 0 Å². The summed E-state index contributed by atoms with van der Waals surface area (Å²) in [5.74, 6) is -0.412. The number of carbonyl (C=O) groups excluding carboxylic acids is 1. The highest BCUT2D eigenvalue weighted by Gasteiger charge is 2.49. The van der Waals surface area contributed by atoms with Crippen LogP contribution < -0.4 is 5.73 Å². The fourth-order valence-corrected chi connectivity index (χ4v) is 5.10. The van der Waals surface area contributed by atoms with Crippen molar-refractivity contribution in [3.63, 3.8) is 0 Å². The van der Waals surface area contributed by atoms with E-state index in [1.165, 1.54) is 23.9 Å². The van der Waals surface area contributed by atoms with E-state index in [-0.39, 0.29) is 17.6 Å². The Hall–Kier alpha value is -2.18. The molecule has 4 nitrogen and oxygen atoms in total. The first-order valence-corrected chi connectivity index (χ1v) is 11.0. The zero-order chi connectivity index (χ0) is 20.9. The van der Waals surface area contributed by atoms with E-state index in [0.717, 1.165) is 24.8 Å². The van der Waals surface area contributed by atoms with Gasteiger partial charge in [-0.1, -0.05) is 68.1 Å². The zero-order valence-corrected chi connectivity index (χ0v) is 17.8. The molecule has 0 aliphatic carbocycles. The molecule has 1 aliphatic rings. The van der Waals surface area contributed by atoms with E-state index in [4.69, 9.17) is 10.8 Å². The molecule has 1 unspecified atom stereocenters. The number of benzene rings is 2. The first-order chi connectivity index (χ1) is 14.1. The van der Waals surface area contributed by atoms with E-state index in [1.54, 1.807) is 11.1 Å². The standard InChI is InChI=1S/C23H28FN3OS/c1-3-17(4-2)22(28)27-23(14-9-15-25,19-11-6-5-7-12-19)29-21(26-27)18-10-8-13-20(24)16-18/h5-8,10-13,16-17H,3-4,9,14-15,25H2,1-2H3. The number of hydrogen-bond donors (Lipinski definition) is 1. The minimum Gasteiger partial charge on any atom is -0.330 e. The summed E-state index contributed by atoms with van der Waals surface area (Å²) in [5.41, 5.74) is 7.53. The molecule has 1 heterocycles. The minimum atomic E-state index is -0.679. The lowest BCUT2D eigenvalue weighted by Gasteiger charge is -2.37. The average Bonchev–Trinajstić information content (AvgIpc) is 3.14. The topological polar surface area (TPSA) is 58.7 Å². The molecule has 29 heavy (non-hydrogen) atoms. The van der Waals surface area contributed by atoms with E-state index in [0.29, 0.717) is 23.6 Å². The average molecular weight is 414 g/mol. The van der Waals surface area contributed by atoms with Crippen molar-refractivity contribution in [1.82, 2.24) is 5.01 Å². The van der Waals surface area contributed by atoms with Gasteiger partial charge in [0.05, 0.1) is 0 Å². The van der Waals surface area contributed by atoms with Crippen LogP contribution in [0.2, 0.25) is 0 Å². The Morgan fingerprint density at radius 1 is 1.17 bits per heavy atom. The minimum absolute atomic E-state index is 0.00905. The predicted octanol–water partition coefficient (Wildman–Crippen LogP) is 5.09. The molecule has 3 rings (SSSR count). The Morgan fingerprint density at radius 3 is 2.52 bits per heavy atom. The van der Waals surface area contributed by atoms with E-state index < -0.39 is 4.87 Å². The van der Waals surface area contributed by atoms with Gasteiger partial charge in [0.2, 0.25) is 5.91 Å². The molecule has 2 aromatic rings. The van der Waals surface area contributed by atoms with Crippen molar-refractivity contribution in [3.8, 4) is 0 Å². The van der Waals surface area contributed by atoms with Crippen molar-refractivity contribution in [2.45, 2.75) is 44.4 Å². The molecule has 1 amide bonds. The first-order valence-electron chi connectivity index (χ1n) is 10.2. The van der Waals surface area contributed by atoms with Crippen LogP contribution in [-0.4, -0.2) is 22.5 Å². The van der Waals surface area contributed by atoms with E-state index >= 15 is 0 Å². The van der Waals surface area contributed by atoms with Gasteiger partial charge in [0.25, 0.3) is 0 Å². The van der Waals surface area contributed by atoms with Crippen LogP contribution in [0.1, 0.15) is 50.7 Å². The van der Waals surface area contributed by atoms with Crippen molar-refractivity contribution < 1.29 is 9.18 Å². The second kappa shape index (κ2) is 9.55. The Labute approximate surface area is 176 Å². The fraction of sp³-hybridized carbons (Fsp3) is 0.391. The number of hydrogen-bond acceptors (Lipinski definition) is 4. The molecule has 2 aromatic carbocycles. The monoisotopic (exact) mass is 413 g/mol. The van der Waals surface area contributed by atoms with E-state index in [1.807, 2.05) is 50.2 Å². The lowest BCUT2D eigenvalue weighted by Crippen LogP contribution is -2.44. The van der Waals surface area contributed by atoms with Gasteiger partial charge in [0, 0.05) is 11.5 Å². The fourth-order valence-electron chi connectivity index (χ4n) is 3.69. The van der Waals surface area contributed by atoms with Crippen LogP contribution in [0.4, 0.5) is 4.39 Å². The summed E-state index contributed by atoms with van der Waals surface area (Å²) in [6, 6.07) is 16.3. The molecule has 1 aliphatic heterocycles. The third-order valence-electron chi connectivity index (χ3n) is 5.36. The number of rotatable bonds is 8. The Bertz CT molecular complexity index is 869. The van der Waals surface area contributed by atoms with Crippen molar-refractivity contribution >= 4 is 22.7 Å². The van der Waals surface area contributed by atoms with Gasteiger partial charge in [0.1, 0.15) is 15.7 Å². The van der Waals surface area contributed by atoms with Gasteiger partial charge in [-0.05, 0) is 49.9 Å². The molecule has 6 heteroatoms. The second-order valence-electron chi connectivity index (χ2n) is 7.22. The summed E-state index contributed by atoms with van der Waals surface area (Å²) in [6.07, 6.45) is 2.93. The normalized spacial score (nSPS) is 18.9. The molecule has 0 radical (unpaired) electrons. The lowest BCUT2D eigenvalue weighted by atomic mass is 9.96. The molecule has 2 N–H and O–H groups in total. The van der Waals surface area contributed by atoms with Crippen LogP contribution in [0.15, 0.2) is 59.7 Å². The number of nitrogens with two attached hydrogens (primary N) is 1. The molecular weight excluding hydrogens is 385 g/mol. The third-order valence-corrected chi connectivity index (χ3v) is 6.82. The number of nitrogens with zero attached hydrogens (tertiary/aromatic N) is 2. The van der Waals surface area contributed by atoms with Crippen molar-refractivity contribution in [2.24, 2.45) is 16.8 Å². The maximum absolute atomic E-state index is 13.9. The van der Waals surface area contributed by atoms with Gasteiger partial charge in [-0.3, -0.25) is 4.79 Å². The Kier molecular flexibility index (Phi) is 7.09. The smallest absolute Gasteiger partial charge is 0.247 e. The second-order valence-corrected chi connectivity index (χ2v) is 8.49. The summed E-state index contributed by atoms with van der Waals surface area (Å²) in [7, 11) is 0. The predicted molar refractivity (Wildman–Crippen MR) is 118 cm³/mol. The molecule has 0 spiro atoms. The summed E-state index contributed by atoms with van der Waals surface area (Å²) in [5, 5.41) is 7.07. The number of carbonyl (C=O) groups is 1. The summed E-state index contributed by atoms with van der Waals surface area (Å²) >= 11 is 1.52. The first kappa shape index (κ1) is 21.5. The quantitative estimate of drug-likeness (QED) is 0.656. The van der Waals surface area contributed by atoms with Crippen molar-refractivity contribution in [1.29, 1.82) is 0 Å². The van der Waals surface area contributed by atoms with E-state index in [2.05, 4.69) is 0 Å². The highest BCUT2D eigenvalue weighted by molar-refractivity contribution is 8.15.